The molecule has 17 heteroatoms. The summed E-state index contributed by atoms with van der Waals surface area (Å²) in [4.78, 5) is 37.8. The predicted octanol–water partition coefficient (Wildman–Crippen LogP) is 2.01. The van der Waals surface area contributed by atoms with Crippen molar-refractivity contribution in [3.63, 3.8) is 0 Å². The number of primary amides is 1. The lowest BCUT2D eigenvalue weighted by molar-refractivity contribution is -0.177. The highest BCUT2D eigenvalue weighted by atomic mass is 32.2. The Labute approximate surface area is 234 Å². The van der Waals surface area contributed by atoms with Crippen LogP contribution in [-0.2, 0) is 30.4 Å². The number of rotatable bonds is 7. The highest BCUT2D eigenvalue weighted by Crippen LogP contribution is 2.68. The molecule has 1 aromatic carbocycles. The average molecular weight is 616 g/mol. The van der Waals surface area contributed by atoms with E-state index < -0.39 is 110 Å². The number of nitrogens with two attached hydrogens (primary N) is 1. The lowest BCUT2D eigenvalue weighted by atomic mass is 9.70. The smallest absolute Gasteiger partial charge is 0.417 e. The molecule has 224 valence electrons. The van der Waals surface area contributed by atoms with E-state index in [0.29, 0.717) is 17.0 Å². The summed E-state index contributed by atoms with van der Waals surface area (Å²) in [6.07, 6.45) is -4.82. The van der Waals surface area contributed by atoms with E-state index in [1.807, 2.05) is 0 Å². The van der Waals surface area contributed by atoms with E-state index in [4.69, 9.17) is 5.73 Å². The molecule has 0 spiro atoms. The number of halogens is 5. The molecule has 2 aromatic rings. The summed E-state index contributed by atoms with van der Waals surface area (Å²) >= 11 is 0. The first-order valence-electron chi connectivity index (χ1n) is 12.5. The molecule has 0 radical (unpaired) electrons. The molecule has 5 rings (SSSR count). The minimum Gasteiger partial charge on any atom is -0.481 e. The third kappa shape index (κ3) is 4.30. The number of carboxylic acids is 1. The Hall–Kier alpha value is -4.07. The van der Waals surface area contributed by atoms with Crippen molar-refractivity contribution < 1.29 is 49.9 Å². The molecule has 11 nitrogen and oxygen atoms in total. The number of carboxylic acid groups (broad SMARTS) is 1. The van der Waals surface area contributed by atoms with Gasteiger partial charge in [-0.05, 0) is 43.5 Å². The van der Waals surface area contributed by atoms with E-state index in [1.54, 1.807) is 6.07 Å². The molecule has 1 aromatic heterocycles. The fourth-order valence-corrected chi connectivity index (χ4v) is 8.40. The number of nitrogens with zero attached hydrogens (tertiary/aromatic N) is 4. The van der Waals surface area contributed by atoms with Crippen molar-refractivity contribution in [2.75, 3.05) is 13.1 Å². The maximum Gasteiger partial charge on any atom is 0.417 e. The summed E-state index contributed by atoms with van der Waals surface area (Å²) in [5.41, 5.74) is -0.887. The summed E-state index contributed by atoms with van der Waals surface area (Å²) in [6.45, 7) is -2.15. The standard InChI is InChI=1S/C25H22F5N5O6S/c26-23(27)11-34(12-23)19(36)16-7-14(8-24(16,21(38)39)18-9-22(18,10-31)20(32)37)42(40,41)17-3-2-13(35-5-1-4-33-35)6-15(17)25(28,29)30/h1-6,14,16,18H,7-9,11-12H2,(H2,32,37)(H,38,39). The first-order chi connectivity index (χ1) is 19.4. The van der Waals surface area contributed by atoms with Crippen LogP contribution in [0.2, 0.25) is 0 Å². The van der Waals surface area contributed by atoms with Crippen LogP contribution in [0.25, 0.3) is 5.69 Å². The number of hydrogen-bond acceptors (Lipinski definition) is 7. The van der Waals surface area contributed by atoms with Gasteiger partial charge in [0.1, 0.15) is 5.41 Å². The number of likely N-dealkylation sites (tertiary alicyclic amines) is 1. The number of aromatic nitrogens is 2. The van der Waals surface area contributed by atoms with Crippen molar-refractivity contribution in [1.29, 1.82) is 5.26 Å². The quantitative estimate of drug-likeness (QED) is 0.445. The van der Waals surface area contributed by atoms with Gasteiger partial charge in [0.05, 0.1) is 51.9 Å². The second kappa shape index (κ2) is 9.21. The van der Waals surface area contributed by atoms with Crippen LogP contribution in [-0.4, -0.2) is 70.3 Å². The van der Waals surface area contributed by atoms with Crippen LogP contribution in [0.5, 0.6) is 0 Å². The summed E-state index contributed by atoms with van der Waals surface area (Å²) in [7, 11) is -5.05. The Kier molecular flexibility index (Phi) is 6.46. The zero-order chi connectivity index (χ0) is 31.0. The largest absolute Gasteiger partial charge is 0.481 e. The van der Waals surface area contributed by atoms with Crippen molar-refractivity contribution in [2.45, 2.75) is 41.5 Å². The molecule has 1 saturated heterocycles. The van der Waals surface area contributed by atoms with Crippen LogP contribution in [0.1, 0.15) is 24.8 Å². The number of carbonyl (C=O) groups is 3. The fourth-order valence-electron chi connectivity index (χ4n) is 6.36. The molecule has 1 aliphatic heterocycles. The lowest BCUT2D eigenvalue weighted by Gasteiger charge is -2.42. The summed E-state index contributed by atoms with van der Waals surface area (Å²) in [6, 6.07) is 5.38. The van der Waals surface area contributed by atoms with Crippen molar-refractivity contribution >= 4 is 27.6 Å². The molecule has 3 N–H and O–H groups in total. The zero-order valence-corrected chi connectivity index (χ0v) is 22.2. The van der Waals surface area contributed by atoms with Gasteiger partial charge >= 0.3 is 12.1 Å². The second-order valence-corrected chi connectivity index (χ2v) is 13.1. The van der Waals surface area contributed by atoms with Crippen LogP contribution < -0.4 is 5.73 Å². The highest BCUT2D eigenvalue weighted by molar-refractivity contribution is 7.92. The minimum absolute atomic E-state index is 0.123. The molecule has 3 fully saturated rings. The molecule has 0 bridgehead atoms. The van der Waals surface area contributed by atoms with Crippen molar-refractivity contribution in [3.05, 3.63) is 42.2 Å². The number of benzene rings is 1. The molecule has 5 atom stereocenters. The summed E-state index contributed by atoms with van der Waals surface area (Å²) < 4.78 is 98.4. The Bertz CT molecular complexity index is 1630. The van der Waals surface area contributed by atoms with Crippen LogP contribution in [0.4, 0.5) is 22.0 Å². The Morgan fingerprint density at radius 1 is 1.17 bits per heavy atom. The highest BCUT2D eigenvalue weighted by Gasteiger charge is 2.76. The zero-order valence-electron chi connectivity index (χ0n) is 21.4. The summed E-state index contributed by atoms with van der Waals surface area (Å²) in [5, 5.41) is 22.0. The van der Waals surface area contributed by atoms with E-state index in [1.165, 1.54) is 18.5 Å². The lowest BCUT2D eigenvalue weighted by Crippen LogP contribution is -2.61. The van der Waals surface area contributed by atoms with E-state index in [2.05, 4.69) is 5.10 Å². The van der Waals surface area contributed by atoms with Crippen molar-refractivity contribution in [1.82, 2.24) is 14.7 Å². The normalized spacial score (nSPS) is 30.3. The molecule has 2 aliphatic carbocycles. The van der Waals surface area contributed by atoms with Gasteiger partial charge in [-0.2, -0.15) is 23.5 Å². The van der Waals surface area contributed by atoms with E-state index in [0.717, 1.165) is 10.7 Å². The first-order valence-corrected chi connectivity index (χ1v) is 14.0. The van der Waals surface area contributed by atoms with E-state index in [-0.39, 0.29) is 5.69 Å². The third-order valence-electron chi connectivity index (χ3n) is 8.54. The van der Waals surface area contributed by atoms with E-state index in [9.17, 15) is 55.1 Å². The molecule has 2 amide bonds. The molecular weight excluding hydrogens is 593 g/mol. The molecule has 2 heterocycles. The number of hydrogen-bond donors (Lipinski definition) is 2. The van der Waals surface area contributed by atoms with Crippen LogP contribution in [0.15, 0.2) is 41.6 Å². The van der Waals surface area contributed by atoms with Crippen molar-refractivity contribution in [3.8, 4) is 11.8 Å². The Morgan fingerprint density at radius 3 is 2.31 bits per heavy atom. The molecule has 2 saturated carbocycles. The monoisotopic (exact) mass is 615 g/mol. The predicted molar refractivity (Wildman–Crippen MR) is 129 cm³/mol. The van der Waals surface area contributed by atoms with E-state index >= 15 is 0 Å². The van der Waals surface area contributed by atoms with Crippen LogP contribution in [0, 0.1) is 34.0 Å². The van der Waals surface area contributed by atoms with Crippen LogP contribution in [0.3, 0.4) is 0 Å². The van der Waals surface area contributed by atoms with Gasteiger partial charge in [0, 0.05) is 18.3 Å². The van der Waals surface area contributed by atoms with Gasteiger partial charge < -0.3 is 15.7 Å². The SMILES string of the molecule is N#CC1(C(N)=O)CC1C1(C(=O)O)CC(S(=O)(=O)c2ccc(-n3cccn3)cc2C(F)(F)F)CC1C(=O)N1CC(F)(F)C1. The number of alkyl halides is 5. The summed E-state index contributed by atoms with van der Waals surface area (Å²) in [5.74, 6) is -10.8. The maximum atomic E-state index is 14.2. The second-order valence-electron chi connectivity index (χ2n) is 10.9. The van der Waals surface area contributed by atoms with Gasteiger partial charge in [-0.1, -0.05) is 0 Å². The topological polar surface area (TPSA) is 176 Å². The Morgan fingerprint density at radius 2 is 1.83 bits per heavy atom. The van der Waals surface area contributed by atoms with Gasteiger partial charge in [0.2, 0.25) is 11.8 Å². The van der Waals surface area contributed by atoms with Crippen molar-refractivity contribution in [2.24, 2.45) is 28.4 Å². The number of sulfone groups is 1. The maximum absolute atomic E-state index is 14.2. The first kappa shape index (κ1) is 29.4. The number of nitriles is 1. The van der Waals surface area contributed by atoms with Gasteiger partial charge in [0.25, 0.3) is 5.92 Å². The molecule has 42 heavy (non-hydrogen) atoms. The van der Waals surface area contributed by atoms with Gasteiger partial charge in [0.15, 0.2) is 9.84 Å². The molecule has 3 aliphatic rings. The number of aliphatic carboxylic acids is 1. The minimum atomic E-state index is -5.19. The Balaban J connectivity index is 1.61. The van der Waals surface area contributed by atoms with Gasteiger partial charge in [-0.3, -0.25) is 14.4 Å². The van der Waals surface area contributed by atoms with Gasteiger partial charge in [-0.25, -0.2) is 21.9 Å². The third-order valence-corrected chi connectivity index (χ3v) is 10.7. The molecular formula is C25H22F5N5O6S. The fraction of sp³-hybridized carbons (Fsp3) is 0.480. The van der Waals surface area contributed by atoms with Crippen LogP contribution >= 0.6 is 0 Å². The number of carbonyl (C=O) groups excluding carboxylic acids is 2. The molecule has 5 unspecified atom stereocenters. The average Bonchev–Trinajstić information content (AvgIpc) is 3.23. The van der Waals surface area contributed by atoms with Gasteiger partial charge in [-0.15, -0.1) is 0 Å². The number of amides is 2.